The molecule has 1 aromatic rings. The van der Waals surface area contributed by atoms with Gasteiger partial charge in [0.25, 0.3) is 0 Å². The van der Waals surface area contributed by atoms with Crippen LogP contribution in [0.2, 0.25) is 0 Å². The quantitative estimate of drug-likeness (QED) is 0.163. The van der Waals surface area contributed by atoms with E-state index < -0.39 is 0 Å². The molecule has 0 aromatic heterocycles. The fraction of sp³-hybridized carbons (Fsp3) is 0.640. The van der Waals surface area contributed by atoms with E-state index in [2.05, 4.69) is 24.6 Å². The summed E-state index contributed by atoms with van der Waals surface area (Å²) in [7, 11) is 0. The van der Waals surface area contributed by atoms with Gasteiger partial charge < -0.3 is 4.84 Å². The molecule has 0 fully saturated rings. The van der Waals surface area contributed by atoms with E-state index in [0.29, 0.717) is 13.0 Å². The smallest absolute Gasteiger partial charge is 0.324 e. The predicted molar refractivity (Wildman–Crippen MR) is 119 cm³/mol. The zero-order valence-corrected chi connectivity index (χ0v) is 18.0. The van der Waals surface area contributed by atoms with Gasteiger partial charge in [0.2, 0.25) is 0 Å². The van der Waals surface area contributed by atoms with Crippen LogP contribution in [0, 0.1) is 0 Å². The van der Waals surface area contributed by atoms with E-state index in [1.807, 2.05) is 30.3 Å². The molecule has 158 valence electrons. The number of carbonyl (C=O) groups excluding carboxylic acids is 1. The Balaban J connectivity index is 1.81. The summed E-state index contributed by atoms with van der Waals surface area (Å²) in [5.74, 6) is -0.159. The Bertz CT molecular complexity index is 499. The van der Waals surface area contributed by atoms with Crippen LogP contribution in [0.3, 0.4) is 0 Å². The fourth-order valence-electron chi connectivity index (χ4n) is 3.19. The predicted octanol–water partition coefficient (Wildman–Crippen LogP) is 7.27. The molecule has 0 atom stereocenters. The number of hydroxylamine groups is 1. The number of benzene rings is 1. The molecule has 0 amide bonds. The molecule has 0 aliphatic carbocycles. The number of hydrogen-bond acceptors (Lipinski definition) is 3. The summed E-state index contributed by atoms with van der Waals surface area (Å²) >= 11 is 0. The molecule has 28 heavy (non-hydrogen) atoms. The van der Waals surface area contributed by atoms with Gasteiger partial charge in [0.1, 0.15) is 0 Å². The molecule has 0 aliphatic rings. The third kappa shape index (κ3) is 15.4. The van der Waals surface area contributed by atoms with Crippen LogP contribution in [0.1, 0.15) is 102 Å². The highest BCUT2D eigenvalue weighted by atomic mass is 16.7. The number of allylic oxidation sites excluding steroid dienone is 2. The maximum absolute atomic E-state index is 11.7. The van der Waals surface area contributed by atoms with Crippen LogP contribution in [0.15, 0.2) is 42.5 Å². The summed E-state index contributed by atoms with van der Waals surface area (Å²) in [6.45, 7) is 2.82. The molecule has 1 N–H and O–H groups in total. The second-order valence-electron chi connectivity index (χ2n) is 7.62. The zero-order valence-electron chi connectivity index (χ0n) is 18.0. The van der Waals surface area contributed by atoms with Crippen LogP contribution < -0.4 is 5.48 Å². The van der Waals surface area contributed by atoms with Gasteiger partial charge in [-0.1, -0.05) is 101 Å². The molecule has 1 rings (SSSR count). The first-order valence-corrected chi connectivity index (χ1v) is 11.4. The van der Waals surface area contributed by atoms with E-state index in [1.165, 1.54) is 70.6 Å². The van der Waals surface area contributed by atoms with Gasteiger partial charge in [0.05, 0.1) is 6.54 Å². The lowest BCUT2D eigenvalue weighted by Gasteiger charge is -2.06. The molecule has 0 aliphatic heterocycles. The monoisotopic (exact) mass is 387 g/mol. The summed E-state index contributed by atoms with van der Waals surface area (Å²) < 4.78 is 0. The topological polar surface area (TPSA) is 38.3 Å². The number of hydrogen-bond donors (Lipinski definition) is 1. The van der Waals surface area contributed by atoms with Crippen LogP contribution in [-0.4, -0.2) is 5.97 Å². The first kappa shape index (κ1) is 24.4. The molecule has 1 aromatic carbocycles. The van der Waals surface area contributed by atoms with Gasteiger partial charge in [-0.2, -0.15) is 0 Å². The summed E-state index contributed by atoms with van der Waals surface area (Å²) in [6.07, 6.45) is 21.6. The largest absolute Gasteiger partial charge is 0.370 e. The van der Waals surface area contributed by atoms with Crippen molar-refractivity contribution in [2.24, 2.45) is 0 Å². The summed E-state index contributed by atoms with van der Waals surface area (Å²) in [5, 5.41) is 0. The van der Waals surface area contributed by atoms with E-state index >= 15 is 0 Å². The van der Waals surface area contributed by atoms with Crippen molar-refractivity contribution in [1.29, 1.82) is 0 Å². The summed E-state index contributed by atoms with van der Waals surface area (Å²) in [5.41, 5.74) is 3.85. The summed E-state index contributed by atoms with van der Waals surface area (Å²) in [6, 6.07) is 9.94. The highest BCUT2D eigenvalue weighted by Crippen LogP contribution is 2.10. The minimum absolute atomic E-state index is 0.159. The lowest BCUT2D eigenvalue weighted by molar-refractivity contribution is -0.151. The van der Waals surface area contributed by atoms with Crippen molar-refractivity contribution in [3.63, 3.8) is 0 Å². The number of unbranched alkanes of at least 4 members (excludes halogenated alkanes) is 11. The van der Waals surface area contributed by atoms with Gasteiger partial charge in [0, 0.05) is 6.42 Å². The highest BCUT2D eigenvalue weighted by Gasteiger charge is 2.02. The zero-order chi connectivity index (χ0) is 20.1. The molecule has 0 bridgehead atoms. The van der Waals surface area contributed by atoms with E-state index in [9.17, 15) is 4.79 Å². The minimum atomic E-state index is -0.159. The van der Waals surface area contributed by atoms with Crippen LogP contribution >= 0.6 is 0 Å². The van der Waals surface area contributed by atoms with Crippen molar-refractivity contribution in [2.45, 2.75) is 103 Å². The van der Waals surface area contributed by atoms with Crippen LogP contribution in [0.25, 0.3) is 0 Å². The molecule has 0 saturated carbocycles. The Morgan fingerprint density at radius 2 is 1.39 bits per heavy atom. The van der Waals surface area contributed by atoms with Gasteiger partial charge in [0.15, 0.2) is 0 Å². The average molecular weight is 388 g/mol. The maximum atomic E-state index is 11.7. The normalized spacial score (nSPS) is 11.2. The van der Waals surface area contributed by atoms with Crippen molar-refractivity contribution >= 4 is 5.97 Å². The first-order valence-electron chi connectivity index (χ1n) is 11.4. The van der Waals surface area contributed by atoms with E-state index in [4.69, 9.17) is 4.84 Å². The number of nitrogens with one attached hydrogen (secondary N) is 1. The summed E-state index contributed by atoms with van der Waals surface area (Å²) in [4.78, 5) is 16.7. The Hall–Kier alpha value is -1.61. The molecule has 3 heteroatoms. The molecule has 0 radical (unpaired) electrons. The minimum Gasteiger partial charge on any atom is -0.370 e. The second kappa shape index (κ2) is 18.7. The van der Waals surface area contributed by atoms with E-state index in [1.54, 1.807) is 0 Å². The molecular formula is C25H41NO2. The third-order valence-corrected chi connectivity index (χ3v) is 4.95. The molecule has 0 saturated heterocycles. The Kier molecular flexibility index (Phi) is 16.3. The Morgan fingerprint density at radius 1 is 0.821 bits per heavy atom. The molecular weight excluding hydrogens is 346 g/mol. The number of rotatable bonds is 18. The lowest BCUT2D eigenvalue weighted by atomic mass is 10.1. The highest BCUT2D eigenvalue weighted by molar-refractivity contribution is 5.68. The van der Waals surface area contributed by atoms with Crippen LogP contribution in [0.5, 0.6) is 0 Å². The van der Waals surface area contributed by atoms with Gasteiger partial charge in [-0.05, 0) is 37.7 Å². The third-order valence-electron chi connectivity index (χ3n) is 4.95. The van der Waals surface area contributed by atoms with Gasteiger partial charge in [-0.15, -0.1) is 5.48 Å². The molecule has 3 nitrogen and oxygen atoms in total. The van der Waals surface area contributed by atoms with Crippen molar-refractivity contribution in [2.75, 3.05) is 0 Å². The molecule has 0 spiro atoms. The van der Waals surface area contributed by atoms with Crippen molar-refractivity contribution in [3.05, 3.63) is 48.0 Å². The molecule has 0 unspecified atom stereocenters. The lowest BCUT2D eigenvalue weighted by Crippen LogP contribution is -2.19. The van der Waals surface area contributed by atoms with Gasteiger partial charge in [-0.25, -0.2) is 0 Å². The van der Waals surface area contributed by atoms with Gasteiger partial charge >= 0.3 is 5.97 Å². The SMILES string of the molecule is CCCCCCCC/C=C\CCCCCCCC(=O)ONCc1ccccc1. The van der Waals surface area contributed by atoms with Crippen LogP contribution in [0.4, 0.5) is 0 Å². The van der Waals surface area contributed by atoms with Crippen molar-refractivity contribution < 1.29 is 9.63 Å². The van der Waals surface area contributed by atoms with Gasteiger partial charge in [-0.3, -0.25) is 4.79 Å². The first-order chi connectivity index (χ1) is 13.8. The standard InChI is InChI=1S/C25H41NO2/c1-2-3-4-5-6-7-8-9-10-11-12-13-14-15-19-22-25(27)28-26-23-24-20-17-16-18-21-24/h9-10,16-18,20-21,26H,2-8,11-15,19,22-23H2,1H3/b10-9-. The second-order valence-corrected chi connectivity index (χ2v) is 7.62. The Labute approximate surface area is 172 Å². The fourth-order valence-corrected chi connectivity index (χ4v) is 3.19. The Morgan fingerprint density at radius 3 is 2.04 bits per heavy atom. The van der Waals surface area contributed by atoms with E-state index in [0.717, 1.165) is 18.4 Å². The number of carbonyl (C=O) groups is 1. The van der Waals surface area contributed by atoms with E-state index in [-0.39, 0.29) is 5.97 Å². The van der Waals surface area contributed by atoms with Crippen molar-refractivity contribution in [1.82, 2.24) is 5.48 Å². The molecule has 0 heterocycles. The average Bonchev–Trinajstić information content (AvgIpc) is 2.71. The van der Waals surface area contributed by atoms with Crippen molar-refractivity contribution in [3.8, 4) is 0 Å². The maximum Gasteiger partial charge on any atom is 0.324 e. The van der Waals surface area contributed by atoms with Crippen LogP contribution in [-0.2, 0) is 16.2 Å².